The molecule has 0 unspecified atom stereocenters. The summed E-state index contributed by atoms with van der Waals surface area (Å²) in [4.78, 5) is 10.9. The summed E-state index contributed by atoms with van der Waals surface area (Å²) in [5.74, 6) is 0.183. The standard InChI is InChI=1S/C8H15NO/c1-3-7(10)9-8(2)5-4-6-8/h3-6H2,1-2H3,(H,9,10). The van der Waals surface area contributed by atoms with Crippen molar-refractivity contribution in [1.29, 1.82) is 0 Å². The quantitative estimate of drug-likeness (QED) is 0.619. The fraction of sp³-hybridized carbons (Fsp3) is 0.875. The maximum Gasteiger partial charge on any atom is 0.220 e. The Morgan fingerprint density at radius 2 is 2.20 bits per heavy atom. The largest absolute Gasteiger partial charge is 0.351 e. The van der Waals surface area contributed by atoms with Crippen LogP contribution in [-0.4, -0.2) is 11.4 Å². The van der Waals surface area contributed by atoms with Crippen molar-refractivity contribution >= 4 is 5.91 Å². The third kappa shape index (κ3) is 1.49. The molecule has 0 bridgehead atoms. The maximum atomic E-state index is 10.9. The summed E-state index contributed by atoms with van der Waals surface area (Å²) in [6.07, 6.45) is 4.17. The summed E-state index contributed by atoms with van der Waals surface area (Å²) in [7, 11) is 0. The SMILES string of the molecule is CCC(=O)NC1(C)CCC1. The zero-order chi connectivity index (χ0) is 7.61. The van der Waals surface area contributed by atoms with Crippen LogP contribution in [0.25, 0.3) is 0 Å². The van der Waals surface area contributed by atoms with Gasteiger partial charge in [0.1, 0.15) is 0 Å². The van der Waals surface area contributed by atoms with E-state index >= 15 is 0 Å². The fourth-order valence-electron chi connectivity index (χ4n) is 1.26. The molecular formula is C8H15NO. The van der Waals surface area contributed by atoms with Gasteiger partial charge in [0.05, 0.1) is 0 Å². The molecule has 1 aliphatic rings. The zero-order valence-electron chi connectivity index (χ0n) is 6.74. The second-order valence-corrected chi connectivity index (χ2v) is 3.32. The summed E-state index contributed by atoms with van der Waals surface area (Å²) < 4.78 is 0. The van der Waals surface area contributed by atoms with Gasteiger partial charge in [-0.05, 0) is 26.2 Å². The molecule has 2 nitrogen and oxygen atoms in total. The Bertz CT molecular complexity index is 138. The van der Waals surface area contributed by atoms with E-state index < -0.39 is 0 Å². The second-order valence-electron chi connectivity index (χ2n) is 3.32. The smallest absolute Gasteiger partial charge is 0.220 e. The van der Waals surface area contributed by atoms with Gasteiger partial charge < -0.3 is 5.32 Å². The monoisotopic (exact) mass is 141 g/mol. The number of amides is 1. The molecular weight excluding hydrogens is 126 g/mol. The fourth-order valence-corrected chi connectivity index (χ4v) is 1.26. The predicted molar refractivity (Wildman–Crippen MR) is 40.7 cm³/mol. The molecule has 0 aromatic carbocycles. The van der Waals surface area contributed by atoms with Gasteiger partial charge in [0.2, 0.25) is 5.91 Å². The molecule has 0 atom stereocenters. The Labute approximate surface area is 62.0 Å². The van der Waals surface area contributed by atoms with Crippen LogP contribution in [0.2, 0.25) is 0 Å². The van der Waals surface area contributed by atoms with E-state index in [1.54, 1.807) is 0 Å². The van der Waals surface area contributed by atoms with Crippen LogP contribution in [0.4, 0.5) is 0 Å². The molecule has 0 aromatic rings. The molecule has 0 heterocycles. The van der Waals surface area contributed by atoms with Crippen LogP contribution >= 0.6 is 0 Å². The average molecular weight is 141 g/mol. The number of nitrogens with one attached hydrogen (secondary N) is 1. The van der Waals surface area contributed by atoms with E-state index in [4.69, 9.17) is 0 Å². The topological polar surface area (TPSA) is 29.1 Å². The van der Waals surface area contributed by atoms with Crippen LogP contribution in [0.5, 0.6) is 0 Å². The van der Waals surface area contributed by atoms with Crippen LogP contribution < -0.4 is 5.32 Å². The average Bonchev–Trinajstić information content (AvgIpc) is 1.84. The van der Waals surface area contributed by atoms with E-state index in [2.05, 4.69) is 12.2 Å². The Hall–Kier alpha value is -0.530. The molecule has 0 spiro atoms. The van der Waals surface area contributed by atoms with Crippen molar-refractivity contribution in [3.63, 3.8) is 0 Å². The Morgan fingerprint density at radius 3 is 2.50 bits per heavy atom. The lowest BCUT2D eigenvalue weighted by Crippen LogP contribution is -2.50. The number of carbonyl (C=O) groups excluding carboxylic acids is 1. The number of carbonyl (C=O) groups is 1. The molecule has 0 aromatic heterocycles. The van der Waals surface area contributed by atoms with Crippen molar-refractivity contribution in [3.05, 3.63) is 0 Å². The van der Waals surface area contributed by atoms with E-state index in [0.29, 0.717) is 6.42 Å². The summed E-state index contributed by atoms with van der Waals surface area (Å²) in [5.41, 5.74) is 0.146. The van der Waals surface area contributed by atoms with Crippen molar-refractivity contribution in [3.8, 4) is 0 Å². The first-order chi connectivity index (χ1) is 4.66. The summed E-state index contributed by atoms with van der Waals surface area (Å²) in [6, 6.07) is 0. The number of rotatable bonds is 2. The Kier molecular flexibility index (Phi) is 1.97. The Morgan fingerprint density at radius 1 is 1.60 bits per heavy atom. The molecule has 2 heteroatoms. The van der Waals surface area contributed by atoms with Crippen molar-refractivity contribution in [2.45, 2.75) is 45.1 Å². The first-order valence-corrected chi connectivity index (χ1v) is 3.97. The van der Waals surface area contributed by atoms with Crippen molar-refractivity contribution < 1.29 is 4.79 Å². The van der Waals surface area contributed by atoms with Gasteiger partial charge in [0.25, 0.3) is 0 Å². The third-order valence-electron chi connectivity index (χ3n) is 2.22. The van der Waals surface area contributed by atoms with Crippen LogP contribution in [0.15, 0.2) is 0 Å². The summed E-state index contributed by atoms with van der Waals surface area (Å²) in [6.45, 7) is 4.00. The minimum absolute atomic E-state index is 0.146. The van der Waals surface area contributed by atoms with Gasteiger partial charge in [0.15, 0.2) is 0 Å². The number of hydrogen-bond donors (Lipinski definition) is 1. The van der Waals surface area contributed by atoms with E-state index in [1.807, 2.05) is 6.92 Å². The molecule has 58 valence electrons. The maximum absolute atomic E-state index is 10.9. The zero-order valence-corrected chi connectivity index (χ0v) is 6.74. The molecule has 1 rings (SSSR count). The highest BCUT2D eigenvalue weighted by molar-refractivity contribution is 5.76. The lowest BCUT2D eigenvalue weighted by Gasteiger charge is -2.39. The highest BCUT2D eigenvalue weighted by Crippen LogP contribution is 2.30. The molecule has 0 radical (unpaired) electrons. The molecule has 1 saturated carbocycles. The molecule has 1 N–H and O–H groups in total. The highest BCUT2D eigenvalue weighted by atomic mass is 16.1. The van der Waals surface area contributed by atoms with Crippen molar-refractivity contribution in [2.75, 3.05) is 0 Å². The first kappa shape index (κ1) is 7.58. The molecule has 10 heavy (non-hydrogen) atoms. The van der Waals surface area contributed by atoms with E-state index in [0.717, 1.165) is 12.8 Å². The molecule has 1 aliphatic carbocycles. The summed E-state index contributed by atoms with van der Waals surface area (Å²) in [5, 5.41) is 3.00. The van der Waals surface area contributed by atoms with Gasteiger partial charge in [-0.25, -0.2) is 0 Å². The van der Waals surface area contributed by atoms with Crippen LogP contribution in [0.3, 0.4) is 0 Å². The van der Waals surface area contributed by atoms with Gasteiger partial charge in [0, 0.05) is 12.0 Å². The normalized spacial score (nSPS) is 21.4. The lowest BCUT2D eigenvalue weighted by molar-refractivity contribution is -0.123. The van der Waals surface area contributed by atoms with E-state index in [9.17, 15) is 4.79 Å². The van der Waals surface area contributed by atoms with Crippen LogP contribution in [0.1, 0.15) is 39.5 Å². The van der Waals surface area contributed by atoms with E-state index in [-0.39, 0.29) is 11.4 Å². The van der Waals surface area contributed by atoms with Crippen LogP contribution in [0, 0.1) is 0 Å². The third-order valence-corrected chi connectivity index (χ3v) is 2.22. The predicted octanol–water partition coefficient (Wildman–Crippen LogP) is 1.46. The second kappa shape index (κ2) is 2.60. The number of hydrogen-bond acceptors (Lipinski definition) is 1. The Balaban J connectivity index is 2.29. The highest BCUT2D eigenvalue weighted by Gasteiger charge is 2.32. The minimum atomic E-state index is 0.146. The van der Waals surface area contributed by atoms with Gasteiger partial charge >= 0.3 is 0 Å². The van der Waals surface area contributed by atoms with Gasteiger partial charge in [-0.1, -0.05) is 6.92 Å². The molecule has 1 amide bonds. The van der Waals surface area contributed by atoms with E-state index in [1.165, 1.54) is 6.42 Å². The van der Waals surface area contributed by atoms with Crippen molar-refractivity contribution in [1.82, 2.24) is 5.32 Å². The van der Waals surface area contributed by atoms with Crippen molar-refractivity contribution in [2.24, 2.45) is 0 Å². The molecule has 1 fully saturated rings. The van der Waals surface area contributed by atoms with Gasteiger partial charge in [-0.3, -0.25) is 4.79 Å². The molecule has 0 aliphatic heterocycles. The van der Waals surface area contributed by atoms with Crippen LogP contribution in [-0.2, 0) is 4.79 Å². The molecule has 0 saturated heterocycles. The minimum Gasteiger partial charge on any atom is -0.351 e. The van der Waals surface area contributed by atoms with Gasteiger partial charge in [-0.15, -0.1) is 0 Å². The van der Waals surface area contributed by atoms with Gasteiger partial charge in [-0.2, -0.15) is 0 Å². The summed E-state index contributed by atoms with van der Waals surface area (Å²) >= 11 is 0. The first-order valence-electron chi connectivity index (χ1n) is 3.97. The lowest BCUT2D eigenvalue weighted by atomic mass is 9.78.